The number of hydrogen-bond donors (Lipinski definition) is 1. The number of nitrogens with zero attached hydrogens (tertiary/aromatic N) is 3. The van der Waals surface area contributed by atoms with E-state index in [9.17, 15) is 4.79 Å². The summed E-state index contributed by atoms with van der Waals surface area (Å²) in [5.74, 6) is 0.161. The molecule has 0 unspecified atom stereocenters. The van der Waals surface area contributed by atoms with Gasteiger partial charge in [-0.1, -0.05) is 0 Å². The van der Waals surface area contributed by atoms with Gasteiger partial charge in [-0.15, -0.1) is 0 Å². The van der Waals surface area contributed by atoms with E-state index >= 15 is 0 Å². The van der Waals surface area contributed by atoms with Gasteiger partial charge >= 0.3 is 0 Å². The molecule has 0 aliphatic heterocycles. The molecule has 2 aromatic heterocycles. The molecule has 2 heterocycles. The Morgan fingerprint density at radius 1 is 1.29 bits per heavy atom. The fraction of sp³-hybridized carbons (Fsp3) is 0.0909. The molecule has 0 fully saturated rings. The van der Waals surface area contributed by atoms with E-state index in [0.29, 0.717) is 21.7 Å². The maximum Gasteiger partial charge on any atom is 0.258 e. The van der Waals surface area contributed by atoms with E-state index in [-0.39, 0.29) is 5.91 Å². The normalized spacial score (nSPS) is 10.0. The van der Waals surface area contributed by atoms with Crippen molar-refractivity contribution in [3.8, 4) is 0 Å². The number of amides is 1. The first kappa shape index (κ1) is 11.7. The number of nitrogens with one attached hydrogen (secondary N) is 1. The van der Waals surface area contributed by atoms with Gasteiger partial charge in [-0.2, -0.15) is 0 Å². The van der Waals surface area contributed by atoms with E-state index in [1.807, 2.05) is 0 Å². The summed E-state index contributed by atoms with van der Waals surface area (Å²) < 4.78 is 0.619. The van der Waals surface area contributed by atoms with Crippen molar-refractivity contribution in [2.24, 2.45) is 0 Å². The number of carbonyl (C=O) groups excluding carboxylic acids is 1. The first-order chi connectivity index (χ1) is 8.16. The zero-order valence-electron chi connectivity index (χ0n) is 9.01. The molecule has 0 aliphatic rings. The lowest BCUT2D eigenvalue weighted by atomic mass is 10.2. The molecule has 2 aromatic rings. The maximum atomic E-state index is 11.9. The van der Waals surface area contributed by atoms with Gasteiger partial charge in [-0.25, -0.2) is 9.97 Å². The zero-order valence-corrected chi connectivity index (χ0v) is 10.6. The molecule has 0 saturated carbocycles. The standard InChI is InChI=1S/C11H9BrN4O/c1-7-8(3-2-4-13-7)11(17)16-10-6-14-9(12)5-15-10/h2-6H,1H3,(H,15,16,17). The van der Waals surface area contributed by atoms with Crippen LogP contribution in [0.1, 0.15) is 16.1 Å². The molecule has 0 bridgehead atoms. The highest BCUT2D eigenvalue weighted by Crippen LogP contribution is 2.09. The van der Waals surface area contributed by atoms with E-state index in [1.165, 1.54) is 12.4 Å². The molecule has 0 spiro atoms. The Kier molecular flexibility index (Phi) is 3.43. The van der Waals surface area contributed by atoms with Gasteiger partial charge in [-0.05, 0) is 35.0 Å². The largest absolute Gasteiger partial charge is 0.305 e. The van der Waals surface area contributed by atoms with Crippen LogP contribution in [0, 0.1) is 6.92 Å². The highest BCUT2D eigenvalue weighted by molar-refractivity contribution is 9.10. The van der Waals surface area contributed by atoms with Crippen LogP contribution in [-0.2, 0) is 0 Å². The minimum absolute atomic E-state index is 0.243. The van der Waals surface area contributed by atoms with E-state index < -0.39 is 0 Å². The molecule has 17 heavy (non-hydrogen) atoms. The lowest BCUT2D eigenvalue weighted by Crippen LogP contribution is -2.14. The van der Waals surface area contributed by atoms with Gasteiger partial charge in [0.25, 0.3) is 5.91 Å². The lowest BCUT2D eigenvalue weighted by molar-refractivity contribution is 0.102. The summed E-state index contributed by atoms with van der Waals surface area (Å²) in [5.41, 5.74) is 1.20. The van der Waals surface area contributed by atoms with Crippen LogP contribution in [0.3, 0.4) is 0 Å². The van der Waals surface area contributed by atoms with Gasteiger partial charge in [0, 0.05) is 11.9 Å². The second kappa shape index (κ2) is 5.01. The van der Waals surface area contributed by atoms with Crippen LogP contribution < -0.4 is 5.32 Å². The summed E-state index contributed by atoms with van der Waals surface area (Å²) in [4.78, 5) is 23.9. The summed E-state index contributed by atoms with van der Waals surface area (Å²) in [6.07, 6.45) is 4.64. The van der Waals surface area contributed by atoms with Crippen molar-refractivity contribution in [2.45, 2.75) is 6.92 Å². The Labute approximate surface area is 106 Å². The number of carbonyl (C=O) groups is 1. The highest BCUT2D eigenvalue weighted by atomic mass is 79.9. The zero-order chi connectivity index (χ0) is 12.3. The molecule has 1 amide bonds. The van der Waals surface area contributed by atoms with Crippen molar-refractivity contribution in [3.63, 3.8) is 0 Å². The van der Waals surface area contributed by atoms with E-state index in [0.717, 1.165) is 0 Å². The van der Waals surface area contributed by atoms with E-state index in [1.54, 1.807) is 25.3 Å². The van der Waals surface area contributed by atoms with Crippen molar-refractivity contribution in [2.75, 3.05) is 5.32 Å². The molecule has 0 aliphatic carbocycles. The molecule has 0 saturated heterocycles. The molecule has 0 atom stereocenters. The lowest BCUT2D eigenvalue weighted by Gasteiger charge is -2.05. The Morgan fingerprint density at radius 2 is 2.12 bits per heavy atom. The number of pyridine rings is 1. The Hall–Kier alpha value is -1.82. The first-order valence-electron chi connectivity index (χ1n) is 4.87. The van der Waals surface area contributed by atoms with Gasteiger partial charge in [0.05, 0.1) is 18.0 Å². The SMILES string of the molecule is Cc1ncccc1C(=O)Nc1cnc(Br)cn1. The molecule has 0 radical (unpaired) electrons. The minimum Gasteiger partial charge on any atom is -0.305 e. The van der Waals surface area contributed by atoms with Gasteiger partial charge < -0.3 is 5.32 Å². The number of anilines is 1. The van der Waals surface area contributed by atoms with Crippen molar-refractivity contribution in [1.82, 2.24) is 15.0 Å². The second-order valence-corrected chi connectivity index (χ2v) is 4.13. The average molecular weight is 293 g/mol. The molecular weight excluding hydrogens is 284 g/mol. The summed E-state index contributed by atoms with van der Waals surface area (Å²) in [5, 5.41) is 2.65. The predicted octanol–water partition coefficient (Wildman–Crippen LogP) is 2.19. The number of hydrogen-bond acceptors (Lipinski definition) is 4. The fourth-order valence-corrected chi connectivity index (χ4v) is 1.49. The van der Waals surface area contributed by atoms with Gasteiger partial charge in [0.2, 0.25) is 0 Å². The Morgan fingerprint density at radius 3 is 2.76 bits per heavy atom. The third-order valence-corrected chi connectivity index (χ3v) is 2.52. The third kappa shape index (κ3) is 2.85. The Bertz CT molecular complexity index is 541. The van der Waals surface area contributed by atoms with Crippen LogP contribution in [-0.4, -0.2) is 20.9 Å². The summed E-state index contributed by atoms with van der Waals surface area (Å²) in [6.45, 7) is 1.78. The number of aromatic nitrogens is 3. The van der Waals surface area contributed by atoms with Gasteiger partial charge in [0.15, 0.2) is 5.82 Å². The third-order valence-electron chi connectivity index (χ3n) is 2.11. The smallest absolute Gasteiger partial charge is 0.258 e. The van der Waals surface area contributed by atoms with Crippen LogP contribution in [0.4, 0.5) is 5.82 Å². The van der Waals surface area contributed by atoms with E-state index in [4.69, 9.17) is 0 Å². The predicted molar refractivity (Wildman–Crippen MR) is 66.7 cm³/mol. The minimum atomic E-state index is -0.243. The van der Waals surface area contributed by atoms with Crippen LogP contribution in [0.5, 0.6) is 0 Å². The van der Waals surface area contributed by atoms with Crippen molar-refractivity contribution in [1.29, 1.82) is 0 Å². The maximum absolute atomic E-state index is 11.9. The molecule has 1 N–H and O–H groups in total. The summed E-state index contributed by atoms with van der Waals surface area (Å²) in [7, 11) is 0. The van der Waals surface area contributed by atoms with Crippen LogP contribution in [0.15, 0.2) is 35.3 Å². The number of aryl methyl sites for hydroxylation is 1. The van der Waals surface area contributed by atoms with Gasteiger partial charge in [-0.3, -0.25) is 9.78 Å². The molecule has 2 rings (SSSR count). The van der Waals surface area contributed by atoms with Crippen LogP contribution >= 0.6 is 15.9 Å². The van der Waals surface area contributed by atoms with Crippen molar-refractivity contribution < 1.29 is 4.79 Å². The quantitative estimate of drug-likeness (QED) is 0.921. The first-order valence-corrected chi connectivity index (χ1v) is 5.66. The molecule has 0 aromatic carbocycles. The van der Waals surface area contributed by atoms with E-state index in [2.05, 4.69) is 36.2 Å². The number of rotatable bonds is 2. The molecular formula is C11H9BrN4O. The molecule has 5 nitrogen and oxygen atoms in total. The average Bonchev–Trinajstić information content (AvgIpc) is 2.32. The highest BCUT2D eigenvalue weighted by Gasteiger charge is 2.09. The summed E-state index contributed by atoms with van der Waals surface area (Å²) in [6, 6.07) is 3.43. The molecule has 6 heteroatoms. The summed E-state index contributed by atoms with van der Waals surface area (Å²) >= 11 is 3.17. The molecule has 86 valence electrons. The monoisotopic (exact) mass is 292 g/mol. The fourth-order valence-electron chi connectivity index (χ4n) is 1.28. The van der Waals surface area contributed by atoms with Gasteiger partial charge in [0.1, 0.15) is 4.60 Å². The van der Waals surface area contributed by atoms with Crippen LogP contribution in [0.25, 0.3) is 0 Å². The topological polar surface area (TPSA) is 67.8 Å². The second-order valence-electron chi connectivity index (χ2n) is 3.31. The Balaban J connectivity index is 2.17. The van der Waals surface area contributed by atoms with Crippen molar-refractivity contribution >= 4 is 27.7 Å². The van der Waals surface area contributed by atoms with Crippen LogP contribution in [0.2, 0.25) is 0 Å². The number of halogens is 1. The van der Waals surface area contributed by atoms with Crippen molar-refractivity contribution in [3.05, 3.63) is 46.6 Å².